The molecule has 0 aliphatic carbocycles. The molecule has 1 unspecified atom stereocenters. The number of nitrogens with zero attached hydrogens (tertiary/aromatic N) is 3. The molecule has 20 heavy (non-hydrogen) atoms. The highest BCUT2D eigenvalue weighted by molar-refractivity contribution is 9.10. The number of aryl methyl sites for hydroxylation is 2. The Morgan fingerprint density at radius 2 is 2.25 bits per heavy atom. The first-order valence-electron chi connectivity index (χ1n) is 7.40. The summed E-state index contributed by atoms with van der Waals surface area (Å²) in [6.07, 6.45) is 1.24. The number of hydrogen-bond acceptors (Lipinski definition) is 4. The number of halogens is 1. The molecular formula is C14H25BrN4O. The Bertz CT molecular complexity index is 435. The summed E-state index contributed by atoms with van der Waals surface area (Å²) in [7, 11) is 2.00. The molecule has 1 fully saturated rings. The summed E-state index contributed by atoms with van der Waals surface area (Å²) in [4.78, 5) is 2.44. The zero-order valence-electron chi connectivity index (χ0n) is 12.7. The molecule has 6 heteroatoms. The smallest absolute Gasteiger partial charge is 0.0826 e. The van der Waals surface area contributed by atoms with E-state index in [1.54, 1.807) is 0 Å². The molecular weight excluding hydrogens is 320 g/mol. The summed E-state index contributed by atoms with van der Waals surface area (Å²) >= 11 is 3.65. The maximum absolute atomic E-state index is 5.80. The highest BCUT2D eigenvalue weighted by atomic mass is 79.9. The summed E-state index contributed by atoms with van der Waals surface area (Å²) < 4.78 is 8.88. The fraction of sp³-hybridized carbons (Fsp3) is 0.786. The predicted octanol–water partition coefficient (Wildman–Crippen LogP) is 1.56. The van der Waals surface area contributed by atoms with Gasteiger partial charge in [0.05, 0.1) is 28.6 Å². The van der Waals surface area contributed by atoms with Crippen LogP contribution in [0.1, 0.15) is 25.2 Å². The van der Waals surface area contributed by atoms with Crippen molar-refractivity contribution in [3.63, 3.8) is 0 Å². The topological polar surface area (TPSA) is 42.3 Å². The summed E-state index contributed by atoms with van der Waals surface area (Å²) in [5.41, 5.74) is 2.32. The number of ether oxygens (including phenoxy) is 1. The van der Waals surface area contributed by atoms with E-state index in [-0.39, 0.29) is 0 Å². The van der Waals surface area contributed by atoms with Crippen molar-refractivity contribution in [1.29, 1.82) is 0 Å². The third-order valence-electron chi connectivity index (χ3n) is 3.84. The van der Waals surface area contributed by atoms with Gasteiger partial charge in [0.15, 0.2) is 0 Å². The van der Waals surface area contributed by atoms with Crippen LogP contribution in [0.25, 0.3) is 0 Å². The van der Waals surface area contributed by atoms with Crippen LogP contribution in [-0.4, -0.2) is 53.6 Å². The Labute approximate surface area is 129 Å². The van der Waals surface area contributed by atoms with Crippen LogP contribution in [-0.2, 0) is 24.8 Å². The first kappa shape index (κ1) is 15.9. The molecule has 0 radical (unpaired) electrons. The van der Waals surface area contributed by atoms with E-state index in [9.17, 15) is 0 Å². The third kappa shape index (κ3) is 3.81. The van der Waals surface area contributed by atoms with E-state index < -0.39 is 0 Å². The van der Waals surface area contributed by atoms with Gasteiger partial charge in [-0.05, 0) is 28.9 Å². The minimum atomic E-state index is 0.293. The second kappa shape index (κ2) is 7.54. The molecule has 1 aromatic heterocycles. The van der Waals surface area contributed by atoms with E-state index in [1.165, 1.54) is 5.69 Å². The Morgan fingerprint density at radius 1 is 1.45 bits per heavy atom. The van der Waals surface area contributed by atoms with Gasteiger partial charge in [0.1, 0.15) is 0 Å². The Hall–Kier alpha value is -0.430. The van der Waals surface area contributed by atoms with Crippen molar-refractivity contribution in [2.45, 2.75) is 32.9 Å². The van der Waals surface area contributed by atoms with Crippen molar-refractivity contribution in [1.82, 2.24) is 20.0 Å². The molecule has 5 nitrogen and oxygen atoms in total. The Kier molecular flexibility index (Phi) is 6.01. The lowest BCUT2D eigenvalue weighted by atomic mass is 10.2. The van der Waals surface area contributed by atoms with Crippen LogP contribution in [0.2, 0.25) is 0 Å². The minimum Gasteiger partial charge on any atom is -0.374 e. The number of morpholine rings is 1. The van der Waals surface area contributed by atoms with Gasteiger partial charge in [-0.3, -0.25) is 9.58 Å². The molecule has 1 N–H and O–H groups in total. The van der Waals surface area contributed by atoms with Crippen LogP contribution in [0.4, 0.5) is 0 Å². The lowest BCUT2D eigenvalue weighted by Crippen LogP contribution is -2.46. The van der Waals surface area contributed by atoms with Gasteiger partial charge in [-0.1, -0.05) is 13.8 Å². The van der Waals surface area contributed by atoms with Crippen molar-refractivity contribution in [2.75, 3.05) is 32.8 Å². The number of likely N-dealkylation sites (N-methyl/N-ethyl adjacent to an activating group) is 1. The normalized spacial score (nSPS) is 20.5. The van der Waals surface area contributed by atoms with E-state index in [2.05, 4.69) is 45.1 Å². The largest absolute Gasteiger partial charge is 0.374 e. The monoisotopic (exact) mass is 344 g/mol. The zero-order chi connectivity index (χ0) is 14.5. The quantitative estimate of drug-likeness (QED) is 0.850. The van der Waals surface area contributed by atoms with Crippen LogP contribution >= 0.6 is 15.9 Å². The highest BCUT2D eigenvalue weighted by Crippen LogP contribution is 2.21. The molecule has 1 saturated heterocycles. The molecule has 0 bridgehead atoms. The lowest BCUT2D eigenvalue weighted by molar-refractivity contribution is -0.0254. The summed E-state index contributed by atoms with van der Waals surface area (Å²) in [5.74, 6) is 0. The van der Waals surface area contributed by atoms with Gasteiger partial charge >= 0.3 is 0 Å². The minimum absolute atomic E-state index is 0.293. The highest BCUT2D eigenvalue weighted by Gasteiger charge is 2.19. The van der Waals surface area contributed by atoms with Crippen molar-refractivity contribution < 1.29 is 4.74 Å². The van der Waals surface area contributed by atoms with E-state index in [0.717, 1.165) is 55.9 Å². The molecule has 114 valence electrons. The van der Waals surface area contributed by atoms with Crippen LogP contribution in [0, 0.1) is 0 Å². The first-order chi connectivity index (χ1) is 9.65. The van der Waals surface area contributed by atoms with E-state index >= 15 is 0 Å². The Morgan fingerprint density at radius 3 is 2.90 bits per heavy atom. The van der Waals surface area contributed by atoms with Crippen molar-refractivity contribution in [2.24, 2.45) is 7.05 Å². The van der Waals surface area contributed by atoms with Gasteiger partial charge in [-0.25, -0.2) is 0 Å². The molecule has 1 aliphatic rings. The molecule has 0 saturated carbocycles. The van der Waals surface area contributed by atoms with Crippen molar-refractivity contribution in [3.8, 4) is 0 Å². The van der Waals surface area contributed by atoms with Gasteiger partial charge in [0, 0.05) is 33.2 Å². The van der Waals surface area contributed by atoms with Gasteiger partial charge in [0.25, 0.3) is 0 Å². The molecule has 1 aliphatic heterocycles. The molecule has 1 atom stereocenters. The van der Waals surface area contributed by atoms with Gasteiger partial charge in [-0.2, -0.15) is 5.10 Å². The second-order valence-electron chi connectivity index (χ2n) is 5.20. The molecule has 2 rings (SSSR count). The van der Waals surface area contributed by atoms with Gasteiger partial charge in [-0.15, -0.1) is 0 Å². The molecule has 0 aromatic carbocycles. The van der Waals surface area contributed by atoms with Crippen LogP contribution < -0.4 is 5.32 Å². The van der Waals surface area contributed by atoms with E-state index in [4.69, 9.17) is 4.74 Å². The maximum Gasteiger partial charge on any atom is 0.0826 e. The SMILES string of the molecule is CCc1nn(C)c(CNCC2CN(CC)CCO2)c1Br. The third-order valence-corrected chi connectivity index (χ3v) is 4.75. The molecule has 1 aromatic rings. The summed E-state index contributed by atoms with van der Waals surface area (Å²) in [6.45, 7) is 10.1. The number of nitrogens with one attached hydrogen (secondary N) is 1. The fourth-order valence-electron chi connectivity index (χ4n) is 2.55. The maximum atomic E-state index is 5.80. The fourth-order valence-corrected chi connectivity index (χ4v) is 3.31. The zero-order valence-corrected chi connectivity index (χ0v) is 14.2. The van der Waals surface area contributed by atoms with Crippen LogP contribution in [0.15, 0.2) is 4.47 Å². The van der Waals surface area contributed by atoms with Crippen molar-refractivity contribution >= 4 is 15.9 Å². The molecule has 2 heterocycles. The van der Waals surface area contributed by atoms with Gasteiger partial charge in [0.2, 0.25) is 0 Å². The predicted molar refractivity (Wildman–Crippen MR) is 83.8 cm³/mol. The van der Waals surface area contributed by atoms with E-state index in [0.29, 0.717) is 6.10 Å². The number of hydrogen-bond donors (Lipinski definition) is 1. The molecule has 0 spiro atoms. The summed E-state index contributed by atoms with van der Waals surface area (Å²) in [6, 6.07) is 0. The number of aromatic nitrogens is 2. The van der Waals surface area contributed by atoms with Crippen LogP contribution in [0.3, 0.4) is 0 Å². The number of rotatable bonds is 6. The molecule has 0 amide bonds. The Balaban J connectivity index is 1.82. The van der Waals surface area contributed by atoms with Crippen LogP contribution in [0.5, 0.6) is 0 Å². The first-order valence-corrected chi connectivity index (χ1v) is 8.19. The summed E-state index contributed by atoms with van der Waals surface area (Å²) in [5, 5.41) is 8.00. The van der Waals surface area contributed by atoms with Gasteiger partial charge < -0.3 is 10.1 Å². The second-order valence-corrected chi connectivity index (χ2v) is 5.99. The van der Waals surface area contributed by atoms with Crippen molar-refractivity contribution in [3.05, 3.63) is 15.9 Å². The lowest BCUT2D eigenvalue weighted by Gasteiger charge is -2.32. The van der Waals surface area contributed by atoms with E-state index in [1.807, 2.05) is 11.7 Å². The standard InChI is InChI=1S/C14H25BrN4O/c1-4-12-14(15)13(18(3)17-12)9-16-8-11-10-19(5-2)6-7-20-11/h11,16H,4-10H2,1-3H3. The average Bonchev–Trinajstić information content (AvgIpc) is 2.74. The average molecular weight is 345 g/mol.